The third-order valence-electron chi connectivity index (χ3n) is 3.19. The van der Waals surface area contributed by atoms with Crippen LogP contribution in [-0.2, 0) is 0 Å². The first-order valence-corrected chi connectivity index (χ1v) is 6.26. The number of oxime groups is 1. The molecule has 0 aromatic rings. The van der Waals surface area contributed by atoms with Crippen molar-refractivity contribution < 1.29 is 5.21 Å². The molecule has 1 saturated carbocycles. The second kappa shape index (κ2) is 6.09. The van der Waals surface area contributed by atoms with Crippen molar-refractivity contribution in [3.05, 3.63) is 0 Å². The Morgan fingerprint density at radius 1 is 1.44 bits per heavy atom. The monoisotopic (exact) mass is 227 g/mol. The van der Waals surface area contributed by atoms with Gasteiger partial charge in [-0.1, -0.05) is 25.9 Å². The van der Waals surface area contributed by atoms with Crippen LogP contribution in [0.3, 0.4) is 0 Å². The number of hydrogen-bond donors (Lipinski definition) is 2. The fourth-order valence-corrected chi connectivity index (χ4v) is 1.83. The Morgan fingerprint density at radius 3 is 2.50 bits per heavy atom. The van der Waals surface area contributed by atoms with Crippen molar-refractivity contribution >= 4 is 5.84 Å². The molecule has 4 nitrogen and oxygen atoms in total. The topological polar surface area (TPSA) is 61.8 Å². The van der Waals surface area contributed by atoms with Gasteiger partial charge < -0.3 is 10.9 Å². The van der Waals surface area contributed by atoms with E-state index in [2.05, 4.69) is 23.9 Å². The molecule has 1 unspecified atom stereocenters. The van der Waals surface area contributed by atoms with Gasteiger partial charge in [-0.2, -0.15) is 0 Å². The highest BCUT2D eigenvalue weighted by atomic mass is 16.4. The maximum absolute atomic E-state index is 8.63. The van der Waals surface area contributed by atoms with E-state index >= 15 is 0 Å². The fraction of sp³-hybridized carbons (Fsp3) is 0.917. The maximum Gasteiger partial charge on any atom is 0.143 e. The molecule has 3 N–H and O–H groups in total. The summed E-state index contributed by atoms with van der Waals surface area (Å²) in [6.07, 6.45) is 3.83. The largest absolute Gasteiger partial charge is 0.409 e. The SMILES string of the molecule is CC(C)CCN(CC(C)C(N)=NO)C1CC1. The molecule has 0 aromatic heterocycles. The van der Waals surface area contributed by atoms with Gasteiger partial charge >= 0.3 is 0 Å². The van der Waals surface area contributed by atoms with Crippen molar-refractivity contribution in [1.29, 1.82) is 0 Å². The van der Waals surface area contributed by atoms with E-state index in [1.807, 2.05) is 6.92 Å². The molecule has 1 fully saturated rings. The van der Waals surface area contributed by atoms with Gasteiger partial charge in [-0.25, -0.2) is 0 Å². The molecule has 1 aliphatic carbocycles. The predicted molar refractivity (Wildman–Crippen MR) is 66.6 cm³/mol. The zero-order valence-electron chi connectivity index (χ0n) is 10.7. The molecule has 94 valence electrons. The number of amidine groups is 1. The molecular weight excluding hydrogens is 202 g/mol. The predicted octanol–water partition coefficient (Wildman–Crippen LogP) is 1.88. The Hall–Kier alpha value is -0.770. The number of rotatable bonds is 7. The highest BCUT2D eigenvalue weighted by Crippen LogP contribution is 2.28. The Bertz CT molecular complexity index is 236. The molecule has 1 rings (SSSR count). The van der Waals surface area contributed by atoms with Crippen LogP contribution in [0.2, 0.25) is 0 Å². The van der Waals surface area contributed by atoms with Crippen molar-refractivity contribution in [2.24, 2.45) is 22.7 Å². The summed E-state index contributed by atoms with van der Waals surface area (Å²) in [5.41, 5.74) is 5.61. The Labute approximate surface area is 98.5 Å². The summed E-state index contributed by atoms with van der Waals surface area (Å²) in [6.45, 7) is 8.55. The molecular formula is C12H25N3O. The standard InChI is InChI=1S/C12H25N3O/c1-9(2)6-7-15(11-4-5-11)8-10(3)12(13)14-16/h9-11,16H,4-8H2,1-3H3,(H2,13,14). The highest BCUT2D eigenvalue weighted by Gasteiger charge is 2.30. The summed E-state index contributed by atoms with van der Waals surface area (Å²) in [5.74, 6) is 1.22. The minimum atomic E-state index is 0.137. The van der Waals surface area contributed by atoms with Crippen LogP contribution >= 0.6 is 0 Å². The van der Waals surface area contributed by atoms with E-state index in [0.717, 1.165) is 25.0 Å². The van der Waals surface area contributed by atoms with Gasteiger partial charge in [0.2, 0.25) is 0 Å². The van der Waals surface area contributed by atoms with Gasteiger partial charge in [0.05, 0.1) is 0 Å². The zero-order chi connectivity index (χ0) is 12.1. The lowest BCUT2D eigenvalue weighted by atomic mass is 10.1. The van der Waals surface area contributed by atoms with E-state index in [9.17, 15) is 0 Å². The van der Waals surface area contributed by atoms with Crippen LogP contribution in [0.1, 0.15) is 40.0 Å². The van der Waals surface area contributed by atoms with Gasteiger partial charge in [-0.3, -0.25) is 4.90 Å². The van der Waals surface area contributed by atoms with Crippen LogP contribution in [0.5, 0.6) is 0 Å². The third-order valence-corrected chi connectivity index (χ3v) is 3.19. The summed E-state index contributed by atoms with van der Waals surface area (Å²) < 4.78 is 0. The van der Waals surface area contributed by atoms with Crippen LogP contribution < -0.4 is 5.73 Å². The van der Waals surface area contributed by atoms with Gasteiger partial charge in [-0.15, -0.1) is 0 Å². The molecule has 0 radical (unpaired) electrons. The first-order valence-electron chi connectivity index (χ1n) is 6.26. The molecule has 0 bridgehead atoms. The lowest BCUT2D eigenvalue weighted by molar-refractivity contribution is 0.231. The van der Waals surface area contributed by atoms with Crippen LogP contribution in [0, 0.1) is 11.8 Å². The lowest BCUT2D eigenvalue weighted by Crippen LogP contribution is -2.37. The van der Waals surface area contributed by atoms with Crippen molar-refractivity contribution in [3.8, 4) is 0 Å². The normalized spacial score (nSPS) is 19.4. The fourth-order valence-electron chi connectivity index (χ4n) is 1.83. The second-order valence-electron chi connectivity index (χ2n) is 5.33. The first kappa shape index (κ1) is 13.3. The van der Waals surface area contributed by atoms with E-state index < -0.39 is 0 Å². The van der Waals surface area contributed by atoms with Gasteiger partial charge in [0, 0.05) is 18.5 Å². The number of nitrogens with two attached hydrogens (primary N) is 1. The molecule has 0 saturated heterocycles. The average molecular weight is 227 g/mol. The number of nitrogens with zero attached hydrogens (tertiary/aromatic N) is 2. The molecule has 4 heteroatoms. The molecule has 0 aromatic carbocycles. The van der Waals surface area contributed by atoms with Gasteiger partial charge in [0.25, 0.3) is 0 Å². The Kier molecular flexibility index (Phi) is 5.06. The molecule has 16 heavy (non-hydrogen) atoms. The van der Waals surface area contributed by atoms with Gasteiger partial charge in [0.15, 0.2) is 0 Å². The van der Waals surface area contributed by atoms with Crippen LogP contribution in [-0.4, -0.2) is 35.1 Å². The second-order valence-corrected chi connectivity index (χ2v) is 5.33. The Balaban J connectivity index is 2.38. The minimum absolute atomic E-state index is 0.137. The van der Waals surface area contributed by atoms with E-state index in [-0.39, 0.29) is 5.92 Å². The van der Waals surface area contributed by atoms with Gasteiger partial charge in [0.1, 0.15) is 5.84 Å². The smallest absolute Gasteiger partial charge is 0.143 e. The van der Waals surface area contributed by atoms with Gasteiger partial charge in [-0.05, 0) is 31.7 Å². The summed E-state index contributed by atoms with van der Waals surface area (Å²) in [4.78, 5) is 2.49. The molecule has 1 aliphatic rings. The number of hydrogen-bond acceptors (Lipinski definition) is 3. The summed E-state index contributed by atoms with van der Waals surface area (Å²) in [7, 11) is 0. The maximum atomic E-state index is 8.63. The van der Waals surface area contributed by atoms with Crippen LogP contribution in [0.25, 0.3) is 0 Å². The zero-order valence-corrected chi connectivity index (χ0v) is 10.7. The van der Waals surface area contributed by atoms with E-state index in [0.29, 0.717) is 5.84 Å². The molecule has 0 amide bonds. The molecule has 0 spiro atoms. The minimum Gasteiger partial charge on any atom is -0.409 e. The van der Waals surface area contributed by atoms with Crippen molar-refractivity contribution in [1.82, 2.24) is 4.90 Å². The lowest BCUT2D eigenvalue weighted by Gasteiger charge is -2.25. The quantitative estimate of drug-likeness (QED) is 0.302. The van der Waals surface area contributed by atoms with Crippen molar-refractivity contribution in [2.75, 3.05) is 13.1 Å². The Morgan fingerprint density at radius 2 is 2.06 bits per heavy atom. The molecule has 0 heterocycles. The molecule has 0 aliphatic heterocycles. The molecule has 1 atom stereocenters. The first-order chi connectivity index (χ1) is 7.54. The van der Waals surface area contributed by atoms with Crippen molar-refractivity contribution in [3.63, 3.8) is 0 Å². The van der Waals surface area contributed by atoms with Crippen LogP contribution in [0.4, 0.5) is 0 Å². The van der Waals surface area contributed by atoms with E-state index in [4.69, 9.17) is 10.9 Å². The van der Waals surface area contributed by atoms with E-state index in [1.54, 1.807) is 0 Å². The summed E-state index contributed by atoms with van der Waals surface area (Å²) in [6, 6.07) is 0.743. The van der Waals surface area contributed by atoms with E-state index in [1.165, 1.54) is 19.3 Å². The highest BCUT2D eigenvalue weighted by molar-refractivity contribution is 5.82. The average Bonchev–Trinajstić information content (AvgIpc) is 3.06. The van der Waals surface area contributed by atoms with Crippen molar-refractivity contribution in [2.45, 2.75) is 46.1 Å². The third kappa shape index (κ3) is 4.39. The summed E-state index contributed by atoms with van der Waals surface area (Å²) in [5, 5.41) is 11.7. The van der Waals surface area contributed by atoms with Crippen LogP contribution in [0.15, 0.2) is 5.16 Å². The summed E-state index contributed by atoms with van der Waals surface area (Å²) >= 11 is 0.